The number of carbonyl (C=O) groups is 5. The molecule has 2 N–H and O–H groups in total. The summed E-state index contributed by atoms with van der Waals surface area (Å²) in [5.74, 6) is -4.07. The zero-order chi connectivity index (χ0) is 31.4. The number of Topliss-reactive ketones (excluding diaryl/α,β-unsaturated/α-hetero) is 1. The third-order valence-electron chi connectivity index (χ3n) is 6.44. The van der Waals surface area contributed by atoms with Gasteiger partial charge in [-0.1, -0.05) is 12.1 Å². The smallest absolute Gasteiger partial charge is 0.303 e. The van der Waals surface area contributed by atoms with Crippen molar-refractivity contribution in [3.05, 3.63) is 47.5 Å². The number of ketones is 1. The monoisotopic (exact) mass is 602 g/mol. The van der Waals surface area contributed by atoms with Crippen LogP contribution >= 0.6 is 0 Å². The van der Waals surface area contributed by atoms with Crippen LogP contribution in [0.2, 0.25) is 0 Å². The molecule has 0 aliphatic carbocycles. The highest BCUT2D eigenvalue weighted by molar-refractivity contribution is 6.02. The molecule has 2 heterocycles. The molecule has 2 aromatic rings. The first-order chi connectivity index (χ1) is 20.3. The van der Waals surface area contributed by atoms with Crippen molar-refractivity contribution in [1.29, 1.82) is 0 Å². The second-order valence-electron chi connectivity index (χ2n) is 9.83. The predicted molar refractivity (Wildman–Crippen MR) is 141 cm³/mol. The van der Waals surface area contributed by atoms with Crippen LogP contribution in [-0.2, 0) is 42.9 Å². The quantitative estimate of drug-likeness (QED) is 0.330. The van der Waals surface area contributed by atoms with Crippen LogP contribution < -0.4 is 9.47 Å². The summed E-state index contributed by atoms with van der Waals surface area (Å²) in [5, 5.41) is 20.3. The van der Waals surface area contributed by atoms with Gasteiger partial charge < -0.3 is 43.4 Å². The van der Waals surface area contributed by atoms with Crippen LogP contribution in [0.3, 0.4) is 0 Å². The number of hydrogen-bond donors (Lipinski definition) is 2. The van der Waals surface area contributed by atoms with Crippen molar-refractivity contribution in [3.63, 3.8) is 0 Å². The molecule has 6 atom stereocenters. The Morgan fingerprint density at radius 1 is 0.837 bits per heavy atom. The first-order valence-corrected chi connectivity index (χ1v) is 13.1. The first-order valence-electron chi connectivity index (χ1n) is 13.1. The van der Waals surface area contributed by atoms with Crippen LogP contribution in [0, 0.1) is 0 Å². The number of rotatable bonds is 8. The predicted octanol–water partition coefficient (Wildman–Crippen LogP) is 2.27. The lowest BCUT2D eigenvalue weighted by molar-refractivity contribution is -0.288. The molecule has 43 heavy (non-hydrogen) atoms. The summed E-state index contributed by atoms with van der Waals surface area (Å²) in [5.41, 5.74) is 0.520. The molecule has 2 aromatic carbocycles. The Hall–Kier alpha value is -4.85. The van der Waals surface area contributed by atoms with Gasteiger partial charge in [0.2, 0.25) is 12.4 Å². The fourth-order valence-electron chi connectivity index (χ4n) is 4.78. The Morgan fingerprint density at radius 2 is 1.44 bits per heavy atom. The number of esters is 4. The van der Waals surface area contributed by atoms with E-state index >= 15 is 0 Å². The van der Waals surface area contributed by atoms with E-state index in [1.807, 2.05) is 0 Å². The third kappa shape index (κ3) is 7.52. The van der Waals surface area contributed by atoms with E-state index in [9.17, 15) is 34.2 Å². The van der Waals surface area contributed by atoms with Crippen LogP contribution in [-0.4, -0.2) is 77.2 Å². The Labute approximate surface area is 245 Å². The topological polar surface area (TPSA) is 190 Å². The number of ether oxygens (including phenoxy) is 7. The van der Waals surface area contributed by atoms with Crippen LogP contribution in [0.25, 0.3) is 0 Å². The van der Waals surface area contributed by atoms with Crippen molar-refractivity contribution in [2.45, 2.75) is 70.9 Å². The summed E-state index contributed by atoms with van der Waals surface area (Å²) in [6.45, 7) is 3.95. The minimum Gasteiger partial charge on any atom is -0.508 e. The maximum Gasteiger partial charge on any atom is 0.303 e. The molecular weight excluding hydrogens is 572 g/mol. The molecule has 0 bridgehead atoms. The van der Waals surface area contributed by atoms with E-state index < -0.39 is 78.8 Å². The molecule has 4 rings (SSSR count). The molecule has 0 spiro atoms. The maximum absolute atomic E-state index is 12.9. The minimum absolute atomic E-state index is 0.0186. The minimum atomic E-state index is -1.56. The third-order valence-corrected chi connectivity index (χ3v) is 6.44. The van der Waals surface area contributed by atoms with Crippen molar-refractivity contribution >= 4 is 29.7 Å². The molecule has 0 saturated carbocycles. The van der Waals surface area contributed by atoms with E-state index in [0.717, 1.165) is 33.8 Å². The molecule has 14 nitrogen and oxygen atoms in total. The maximum atomic E-state index is 12.9. The van der Waals surface area contributed by atoms with E-state index in [1.165, 1.54) is 18.2 Å². The second kappa shape index (κ2) is 13.0. The van der Waals surface area contributed by atoms with Crippen LogP contribution in [0.15, 0.2) is 36.4 Å². The molecule has 2 aliphatic rings. The van der Waals surface area contributed by atoms with E-state index in [-0.39, 0.29) is 29.2 Å². The first kappa shape index (κ1) is 31.1. The molecule has 14 heteroatoms. The van der Waals surface area contributed by atoms with Crippen molar-refractivity contribution in [2.24, 2.45) is 0 Å². The summed E-state index contributed by atoms with van der Waals surface area (Å²) in [7, 11) is 0. The van der Waals surface area contributed by atoms with Gasteiger partial charge in [0.05, 0.1) is 6.42 Å². The average molecular weight is 603 g/mol. The summed E-state index contributed by atoms with van der Waals surface area (Å²) < 4.78 is 39.0. The zero-order valence-corrected chi connectivity index (χ0v) is 23.6. The van der Waals surface area contributed by atoms with E-state index in [0.29, 0.717) is 5.56 Å². The number of phenols is 2. The Kier molecular flexibility index (Phi) is 9.39. The number of fused-ring (bicyclic) bond motifs is 1. The SMILES string of the molecule is CC(=O)OC[C@H]1O[C@@H](Oc2cc(O)c3c(c2)OC(c2ccc(O)cc2)CC3=O)[C@H](OC(C)=O)[C@@H](OC(C)=O)[C@@H]1OC(C)=O. The summed E-state index contributed by atoms with van der Waals surface area (Å²) in [6, 6.07) is 8.51. The second-order valence-corrected chi connectivity index (χ2v) is 9.83. The fraction of sp³-hybridized carbons (Fsp3) is 0.414. The molecule has 1 fully saturated rings. The van der Waals surface area contributed by atoms with Crippen LogP contribution in [0.5, 0.6) is 23.0 Å². The van der Waals surface area contributed by atoms with Crippen LogP contribution in [0.1, 0.15) is 56.1 Å². The van der Waals surface area contributed by atoms with Gasteiger partial charge in [-0.15, -0.1) is 0 Å². The van der Waals surface area contributed by atoms with Gasteiger partial charge in [0, 0.05) is 39.8 Å². The fourth-order valence-corrected chi connectivity index (χ4v) is 4.78. The number of aromatic hydroxyl groups is 2. The van der Waals surface area contributed by atoms with Gasteiger partial charge >= 0.3 is 23.9 Å². The largest absolute Gasteiger partial charge is 0.508 e. The molecular formula is C29H30O14. The summed E-state index contributed by atoms with van der Waals surface area (Å²) in [6.07, 6.45) is -7.99. The van der Waals surface area contributed by atoms with Gasteiger partial charge in [0.25, 0.3) is 0 Å². The number of hydrogen-bond acceptors (Lipinski definition) is 14. The Bertz CT molecular complexity index is 1400. The van der Waals surface area contributed by atoms with Gasteiger partial charge in [-0.2, -0.15) is 0 Å². The standard InChI is InChI=1S/C29H30O14/c1-13(30)37-12-24-26(38-14(2)31)27(39-15(3)32)28(40-16(4)33)29(43-24)41-19-9-20(35)25-21(36)11-22(42-23(25)10-19)17-5-7-18(34)8-6-17/h5-10,22,24,26-29,34-35H,11-12H2,1-4H3/t22?,24-,26-,27+,28-,29-/m1/s1. The van der Waals surface area contributed by atoms with Gasteiger partial charge in [0.1, 0.15) is 47.4 Å². The number of benzene rings is 2. The lowest BCUT2D eigenvalue weighted by Crippen LogP contribution is -2.63. The van der Waals surface area contributed by atoms with Crippen LogP contribution in [0.4, 0.5) is 0 Å². The van der Waals surface area contributed by atoms with E-state index in [4.69, 9.17) is 33.2 Å². The van der Waals surface area contributed by atoms with Crippen molar-refractivity contribution in [3.8, 4) is 23.0 Å². The van der Waals surface area contributed by atoms with Crippen molar-refractivity contribution in [2.75, 3.05) is 6.61 Å². The van der Waals surface area contributed by atoms with Gasteiger partial charge in [0.15, 0.2) is 18.0 Å². The normalized spacial score (nSPS) is 24.5. The highest BCUT2D eigenvalue weighted by atomic mass is 16.7. The summed E-state index contributed by atoms with van der Waals surface area (Å²) in [4.78, 5) is 60.5. The van der Waals surface area contributed by atoms with Gasteiger partial charge in [-0.3, -0.25) is 24.0 Å². The van der Waals surface area contributed by atoms with Crippen molar-refractivity contribution in [1.82, 2.24) is 0 Å². The Morgan fingerprint density at radius 3 is 2.05 bits per heavy atom. The molecule has 2 aliphatic heterocycles. The molecule has 0 radical (unpaired) electrons. The van der Waals surface area contributed by atoms with E-state index in [1.54, 1.807) is 12.1 Å². The highest BCUT2D eigenvalue weighted by Gasteiger charge is 2.53. The summed E-state index contributed by atoms with van der Waals surface area (Å²) >= 11 is 0. The lowest BCUT2D eigenvalue weighted by Gasteiger charge is -2.44. The molecule has 1 saturated heterocycles. The van der Waals surface area contributed by atoms with E-state index in [2.05, 4.69) is 0 Å². The Balaban J connectivity index is 1.70. The highest BCUT2D eigenvalue weighted by Crippen LogP contribution is 2.43. The number of carbonyl (C=O) groups excluding carboxylic acids is 5. The molecule has 0 amide bonds. The molecule has 0 aromatic heterocycles. The molecule has 230 valence electrons. The zero-order valence-electron chi connectivity index (χ0n) is 23.6. The average Bonchev–Trinajstić information content (AvgIpc) is 2.90. The lowest BCUT2D eigenvalue weighted by atomic mass is 9.95. The van der Waals surface area contributed by atoms with Crippen molar-refractivity contribution < 1.29 is 67.3 Å². The van der Waals surface area contributed by atoms with Gasteiger partial charge in [-0.25, -0.2) is 0 Å². The number of phenolic OH excluding ortho intramolecular Hbond substituents is 2. The van der Waals surface area contributed by atoms with Gasteiger partial charge in [-0.05, 0) is 17.7 Å². The molecule has 1 unspecified atom stereocenters.